The molecule has 1 saturated heterocycles. The summed E-state index contributed by atoms with van der Waals surface area (Å²) in [6.07, 6.45) is 1.29. The highest BCUT2D eigenvalue weighted by molar-refractivity contribution is 5.26. The minimum Gasteiger partial charge on any atom is -0.316 e. The molecule has 0 radical (unpaired) electrons. The molecule has 0 aliphatic carbocycles. The van der Waals surface area contributed by atoms with Crippen LogP contribution in [0, 0.1) is 0 Å². The quantitative estimate of drug-likeness (QED) is 0.839. The summed E-state index contributed by atoms with van der Waals surface area (Å²) in [5, 5.41) is 3.43. The Labute approximate surface area is 105 Å². The highest BCUT2D eigenvalue weighted by atomic mass is 15.1. The van der Waals surface area contributed by atoms with Crippen molar-refractivity contribution in [2.24, 2.45) is 0 Å². The smallest absolute Gasteiger partial charge is 0.0233 e. The summed E-state index contributed by atoms with van der Waals surface area (Å²) >= 11 is 0. The van der Waals surface area contributed by atoms with E-state index >= 15 is 0 Å². The molecule has 0 saturated carbocycles. The van der Waals surface area contributed by atoms with E-state index in [0.29, 0.717) is 0 Å². The second-order valence-electron chi connectivity index (χ2n) is 4.89. The highest BCUT2D eigenvalue weighted by Crippen LogP contribution is 2.22. The minimum atomic E-state index is 0.734. The van der Waals surface area contributed by atoms with Crippen LogP contribution in [0.25, 0.3) is 0 Å². The van der Waals surface area contributed by atoms with E-state index in [2.05, 4.69) is 48.3 Å². The molecule has 1 heterocycles. The zero-order valence-corrected chi connectivity index (χ0v) is 11.1. The number of benzene rings is 1. The summed E-state index contributed by atoms with van der Waals surface area (Å²) in [6, 6.07) is 9.23. The summed E-state index contributed by atoms with van der Waals surface area (Å²) in [4.78, 5) is 2.45. The van der Waals surface area contributed by atoms with Gasteiger partial charge >= 0.3 is 0 Å². The number of rotatable bonds is 5. The third-order valence-electron chi connectivity index (χ3n) is 3.81. The first-order chi connectivity index (χ1) is 8.33. The molecule has 1 atom stereocenters. The van der Waals surface area contributed by atoms with Crippen molar-refractivity contribution in [2.75, 3.05) is 26.2 Å². The van der Waals surface area contributed by atoms with Crippen LogP contribution in [-0.4, -0.2) is 31.1 Å². The molecule has 0 spiro atoms. The Morgan fingerprint density at radius 1 is 1.18 bits per heavy atom. The Bertz CT molecular complexity index is 321. The average Bonchev–Trinajstić information content (AvgIpc) is 2.90. The molecule has 2 nitrogen and oxygen atoms in total. The van der Waals surface area contributed by atoms with Crippen molar-refractivity contribution >= 4 is 0 Å². The molecule has 1 aromatic carbocycles. The summed E-state index contributed by atoms with van der Waals surface area (Å²) < 4.78 is 0. The van der Waals surface area contributed by atoms with Crippen LogP contribution < -0.4 is 5.32 Å². The standard InChI is InChI=1S/C15H24N2/c1-3-17(4-2)12-13-5-7-14(8-6-13)15-9-10-16-11-15/h5-8,15-16H,3-4,9-12H2,1-2H3. The zero-order chi connectivity index (χ0) is 12.1. The van der Waals surface area contributed by atoms with Crippen molar-refractivity contribution in [2.45, 2.75) is 32.7 Å². The van der Waals surface area contributed by atoms with Gasteiger partial charge in [-0.1, -0.05) is 38.1 Å². The molecule has 1 N–H and O–H groups in total. The van der Waals surface area contributed by atoms with Crippen molar-refractivity contribution in [3.63, 3.8) is 0 Å². The van der Waals surface area contributed by atoms with Crippen LogP contribution in [-0.2, 0) is 6.54 Å². The summed E-state index contributed by atoms with van der Waals surface area (Å²) in [6.45, 7) is 10.1. The zero-order valence-electron chi connectivity index (χ0n) is 11.1. The highest BCUT2D eigenvalue weighted by Gasteiger charge is 2.16. The van der Waals surface area contributed by atoms with E-state index in [4.69, 9.17) is 0 Å². The Morgan fingerprint density at radius 2 is 1.88 bits per heavy atom. The second kappa shape index (κ2) is 6.18. The van der Waals surface area contributed by atoms with Gasteiger partial charge in [0.2, 0.25) is 0 Å². The molecule has 0 aromatic heterocycles. The van der Waals surface area contributed by atoms with Gasteiger partial charge in [0, 0.05) is 13.1 Å². The SMILES string of the molecule is CCN(CC)Cc1ccc(C2CCNC2)cc1. The van der Waals surface area contributed by atoms with E-state index in [1.807, 2.05) is 0 Å². The van der Waals surface area contributed by atoms with Crippen LogP contribution in [0.5, 0.6) is 0 Å². The van der Waals surface area contributed by atoms with E-state index in [1.54, 1.807) is 0 Å². The van der Waals surface area contributed by atoms with Gasteiger partial charge in [0.25, 0.3) is 0 Å². The van der Waals surface area contributed by atoms with E-state index in [0.717, 1.165) is 32.1 Å². The number of hydrogen-bond donors (Lipinski definition) is 1. The van der Waals surface area contributed by atoms with E-state index in [-0.39, 0.29) is 0 Å². The molecule has 1 unspecified atom stereocenters. The molecule has 2 rings (SSSR count). The number of hydrogen-bond acceptors (Lipinski definition) is 2. The first-order valence-electron chi connectivity index (χ1n) is 6.85. The van der Waals surface area contributed by atoms with Gasteiger partial charge in [-0.15, -0.1) is 0 Å². The lowest BCUT2D eigenvalue weighted by Gasteiger charge is -2.18. The van der Waals surface area contributed by atoms with Gasteiger partial charge in [0.15, 0.2) is 0 Å². The van der Waals surface area contributed by atoms with Crippen molar-refractivity contribution in [1.82, 2.24) is 10.2 Å². The fraction of sp³-hybridized carbons (Fsp3) is 0.600. The maximum atomic E-state index is 3.43. The van der Waals surface area contributed by atoms with Crippen LogP contribution in [0.2, 0.25) is 0 Å². The first-order valence-corrected chi connectivity index (χ1v) is 6.85. The Kier molecular flexibility index (Phi) is 4.57. The molecule has 94 valence electrons. The van der Waals surface area contributed by atoms with Crippen molar-refractivity contribution < 1.29 is 0 Å². The van der Waals surface area contributed by atoms with Crippen LogP contribution >= 0.6 is 0 Å². The van der Waals surface area contributed by atoms with Gasteiger partial charge in [0.1, 0.15) is 0 Å². The van der Waals surface area contributed by atoms with Gasteiger partial charge in [-0.05, 0) is 43.1 Å². The van der Waals surface area contributed by atoms with Crippen LogP contribution in [0.15, 0.2) is 24.3 Å². The van der Waals surface area contributed by atoms with Crippen LogP contribution in [0.1, 0.15) is 37.3 Å². The van der Waals surface area contributed by atoms with Crippen molar-refractivity contribution in [1.29, 1.82) is 0 Å². The van der Waals surface area contributed by atoms with E-state index in [9.17, 15) is 0 Å². The summed E-state index contributed by atoms with van der Waals surface area (Å²) in [5.41, 5.74) is 2.93. The maximum absolute atomic E-state index is 3.43. The fourth-order valence-corrected chi connectivity index (χ4v) is 2.54. The Hall–Kier alpha value is -0.860. The fourth-order valence-electron chi connectivity index (χ4n) is 2.54. The maximum Gasteiger partial charge on any atom is 0.0233 e. The molecule has 17 heavy (non-hydrogen) atoms. The number of nitrogens with zero attached hydrogens (tertiary/aromatic N) is 1. The predicted molar refractivity (Wildman–Crippen MR) is 73.3 cm³/mol. The largest absolute Gasteiger partial charge is 0.316 e. The molecule has 1 aliphatic heterocycles. The average molecular weight is 232 g/mol. The monoisotopic (exact) mass is 232 g/mol. The molecule has 0 amide bonds. The molecular formula is C15H24N2. The third kappa shape index (κ3) is 3.30. The minimum absolute atomic E-state index is 0.734. The number of nitrogens with one attached hydrogen (secondary N) is 1. The molecule has 1 fully saturated rings. The molecular weight excluding hydrogens is 208 g/mol. The van der Waals surface area contributed by atoms with Gasteiger partial charge in [-0.2, -0.15) is 0 Å². The van der Waals surface area contributed by atoms with Crippen LogP contribution in [0.4, 0.5) is 0 Å². The lowest BCUT2D eigenvalue weighted by Crippen LogP contribution is -2.22. The van der Waals surface area contributed by atoms with E-state index in [1.165, 1.54) is 24.1 Å². The van der Waals surface area contributed by atoms with Crippen molar-refractivity contribution in [3.8, 4) is 0 Å². The van der Waals surface area contributed by atoms with Crippen molar-refractivity contribution in [3.05, 3.63) is 35.4 Å². The molecule has 0 bridgehead atoms. The Balaban J connectivity index is 1.97. The molecule has 2 heteroatoms. The first kappa shape index (κ1) is 12.6. The van der Waals surface area contributed by atoms with Gasteiger partial charge in [-0.25, -0.2) is 0 Å². The van der Waals surface area contributed by atoms with Gasteiger partial charge < -0.3 is 5.32 Å². The Morgan fingerprint density at radius 3 is 2.41 bits per heavy atom. The summed E-state index contributed by atoms with van der Waals surface area (Å²) in [7, 11) is 0. The summed E-state index contributed by atoms with van der Waals surface area (Å²) in [5.74, 6) is 0.734. The topological polar surface area (TPSA) is 15.3 Å². The lowest BCUT2D eigenvalue weighted by molar-refractivity contribution is 0.296. The second-order valence-corrected chi connectivity index (χ2v) is 4.89. The van der Waals surface area contributed by atoms with E-state index < -0.39 is 0 Å². The molecule has 1 aliphatic rings. The van der Waals surface area contributed by atoms with Gasteiger partial charge in [0.05, 0.1) is 0 Å². The van der Waals surface area contributed by atoms with Crippen LogP contribution in [0.3, 0.4) is 0 Å². The molecule has 1 aromatic rings. The predicted octanol–water partition coefficient (Wildman–Crippen LogP) is 2.61. The normalized spacial score (nSPS) is 20.1. The lowest BCUT2D eigenvalue weighted by atomic mass is 9.97. The van der Waals surface area contributed by atoms with Gasteiger partial charge in [-0.3, -0.25) is 4.90 Å². The third-order valence-corrected chi connectivity index (χ3v) is 3.81.